The zero-order valence-electron chi connectivity index (χ0n) is 12.3. The molecule has 0 heterocycles. The molecule has 1 amide bonds. The zero-order valence-corrected chi connectivity index (χ0v) is 12.3. The lowest BCUT2D eigenvalue weighted by atomic mass is 9.94. The van der Waals surface area contributed by atoms with Crippen molar-refractivity contribution >= 4 is 5.91 Å². The molecule has 4 nitrogen and oxygen atoms in total. The highest BCUT2D eigenvalue weighted by Crippen LogP contribution is 2.19. The number of unbranched alkanes of at least 4 members (excludes halogenated alkanes) is 1. The second-order valence-corrected chi connectivity index (χ2v) is 5.16. The highest BCUT2D eigenvalue weighted by Gasteiger charge is 2.27. The summed E-state index contributed by atoms with van der Waals surface area (Å²) in [7, 11) is 1.72. The van der Waals surface area contributed by atoms with Gasteiger partial charge < -0.3 is 15.8 Å². The van der Waals surface area contributed by atoms with E-state index in [2.05, 4.69) is 5.32 Å². The van der Waals surface area contributed by atoms with Crippen LogP contribution < -0.4 is 15.8 Å². The van der Waals surface area contributed by atoms with E-state index in [-0.39, 0.29) is 11.7 Å². The van der Waals surface area contributed by atoms with Gasteiger partial charge in [0.1, 0.15) is 11.6 Å². The maximum atomic E-state index is 13.1. The van der Waals surface area contributed by atoms with Crippen LogP contribution in [0.25, 0.3) is 0 Å². The molecular formula is C15H23FN2O2. The average Bonchev–Trinajstić information content (AvgIpc) is 2.41. The van der Waals surface area contributed by atoms with Gasteiger partial charge in [-0.25, -0.2) is 4.39 Å². The van der Waals surface area contributed by atoms with Crippen LogP contribution in [0.15, 0.2) is 18.2 Å². The summed E-state index contributed by atoms with van der Waals surface area (Å²) >= 11 is 0. The van der Waals surface area contributed by atoms with E-state index in [1.807, 2.05) is 6.92 Å². The van der Waals surface area contributed by atoms with Crippen LogP contribution in [0, 0.1) is 12.7 Å². The smallest absolute Gasteiger partial charge is 0.237 e. The third kappa shape index (κ3) is 4.49. The predicted octanol–water partition coefficient (Wildman–Crippen LogP) is 2.15. The van der Waals surface area contributed by atoms with Crippen molar-refractivity contribution in [2.75, 3.05) is 13.7 Å². The van der Waals surface area contributed by atoms with Gasteiger partial charge in [0, 0.05) is 6.07 Å². The Bertz CT molecular complexity index is 465. The molecule has 0 aliphatic rings. The predicted molar refractivity (Wildman–Crippen MR) is 77.1 cm³/mol. The normalized spacial score (nSPS) is 13.8. The van der Waals surface area contributed by atoms with Gasteiger partial charge in [0.15, 0.2) is 0 Å². The molecular weight excluding hydrogens is 259 g/mol. The molecule has 1 atom stereocenters. The van der Waals surface area contributed by atoms with Gasteiger partial charge in [-0.1, -0.05) is 6.07 Å². The average molecular weight is 282 g/mol. The van der Waals surface area contributed by atoms with Crippen LogP contribution in [-0.2, 0) is 4.79 Å². The molecule has 0 aliphatic carbocycles. The van der Waals surface area contributed by atoms with E-state index >= 15 is 0 Å². The highest BCUT2D eigenvalue weighted by atomic mass is 19.1. The third-order valence-electron chi connectivity index (χ3n) is 3.57. The monoisotopic (exact) mass is 282 g/mol. The molecule has 1 aromatic carbocycles. The quantitative estimate of drug-likeness (QED) is 0.718. The Kier molecular flexibility index (Phi) is 5.95. The van der Waals surface area contributed by atoms with Gasteiger partial charge in [0.05, 0.1) is 12.1 Å². The summed E-state index contributed by atoms with van der Waals surface area (Å²) in [4.78, 5) is 11.3. The summed E-state index contributed by atoms with van der Waals surface area (Å²) in [5.74, 6) is -0.0970. The van der Waals surface area contributed by atoms with Crippen molar-refractivity contribution in [1.29, 1.82) is 0 Å². The number of hydrogen-bond donors (Lipinski definition) is 2. The number of amides is 1. The molecule has 0 aliphatic heterocycles. The van der Waals surface area contributed by atoms with Crippen molar-refractivity contribution in [3.8, 4) is 5.75 Å². The van der Waals surface area contributed by atoms with Crippen LogP contribution in [0.5, 0.6) is 5.75 Å². The molecule has 0 radical (unpaired) electrons. The van der Waals surface area contributed by atoms with Crippen LogP contribution in [0.2, 0.25) is 0 Å². The van der Waals surface area contributed by atoms with E-state index in [1.165, 1.54) is 12.1 Å². The molecule has 1 rings (SSSR count). The lowest BCUT2D eigenvalue weighted by Gasteiger charge is -2.25. The minimum Gasteiger partial charge on any atom is -0.493 e. The molecule has 0 bridgehead atoms. The summed E-state index contributed by atoms with van der Waals surface area (Å²) in [5.41, 5.74) is 5.57. The number of benzene rings is 1. The van der Waals surface area contributed by atoms with Crippen molar-refractivity contribution in [3.63, 3.8) is 0 Å². The lowest BCUT2D eigenvalue weighted by molar-refractivity contribution is -0.123. The molecule has 5 heteroatoms. The number of carbonyl (C=O) groups excluding carboxylic acids is 1. The van der Waals surface area contributed by atoms with Crippen molar-refractivity contribution in [1.82, 2.24) is 5.32 Å². The number of rotatable bonds is 8. The Morgan fingerprint density at radius 3 is 2.75 bits per heavy atom. The first-order chi connectivity index (χ1) is 9.39. The van der Waals surface area contributed by atoms with E-state index < -0.39 is 5.54 Å². The first-order valence-corrected chi connectivity index (χ1v) is 6.77. The van der Waals surface area contributed by atoms with Gasteiger partial charge in [-0.15, -0.1) is 0 Å². The molecule has 1 aromatic rings. The Hall–Kier alpha value is -1.62. The van der Waals surface area contributed by atoms with Crippen LogP contribution >= 0.6 is 0 Å². The number of nitrogens with two attached hydrogens (primary N) is 1. The maximum absolute atomic E-state index is 13.1. The fourth-order valence-electron chi connectivity index (χ4n) is 1.86. The summed E-state index contributed by atoms with van der Waals surface area (Å²) < 4.78 is 18.6. The molecule has 0 fully saturated rings. The fraction of sp³-hybridized carbons (Fsp3) is 0.533. The number of carbonyl (C=O) groups is 1. The number of nitrogens with one attached hydrogen (secondary N) is 1. The van der Waals surface area contributed by atoms with E-state index in [4.69, 9.17) is 10.5 Å². The fourth-order valence-corrected chi connectivity index (χ4v) is 1.86. The van der Waals surface area contributed by atoms with Gasteiger partial charge >= 0.3 is 0 Å². The van der Waals surface area contributed by atoms with Crippen LogP contribution in [0.1, 0.15) is 31.7 Å². The summed E-state index contributed by atoms with van der Waals surface area (Å²) in [6.07, 6.45) is 2.22. The second kappa shape index (κ2) is 7.24. The summed E-state index contributed by atoms with van der Waals surface area (Å²) in [5, 5.41) is 2.94. The standard InChI is InChI=1S/C15H23FN2O2/c1-11-6-7-12(16)10-13(11)20-9-5-4-8-15(2,18-3)14(17)19/h6-7,10,18H,4-5,8-9H2,1-3H3,(H2,17,19). The zero-order chi connectivity index (χ0) is 15.2. The van der Waals surface area contributed by atoms with E-state index in [1.54, 1.807) is 20.0 Å². The van der Waals surface area contributed by atoms with Gasteiger partial charge in [0.2, 0.25) is 5.91 Å². The molecule has 20 heavy (non-hydrogen) atoms. The second-order valence-electron chi connectivity index (χ2n) is 5.16. The topological polar surface area (TPSA) is 64.3 Å². The van der Waals surface area contributed by atoms with E-state index in [0.29, 0.717) is 18.8 Å². The van der Waals surface area contributed by atoms with Crippen molar-refractivity contribution in [3.05, 3.63) is 29.6 Å². The number of ether oxygens (including phenoxy) is 1. The van der Waals surface area contributed by atoms with Crippen LogP contribution in [0.3, 0.4) is 0 Å². The molecule has 112 valence electrons. The number of primary amides is 1. The Balaban J connectivity index is 2.35. The molecule has 0 spiro atoms. The SMILES string of the molecule is CNC(C)(CCCCOc1cc(F)ccc1C)C(N)=O. The van der Waals surface area contributed by atoms with Gasteiger partial charge in [-0.2, -0.15) is 0 Å². The maximum Gasteiger partial charge on any atom is 0.237 e. The number of aryl methyl sites for hydroxylation is 1. The summed E-state index contributed by atoms with van der Waals surface area (Å²) in [6.45, 7) is 4.15. The number of halogens is 1. The number of hydrogen-bond acceptors (Lipinski definition) is 3. The third-order valence-corrected chi connectivity index (χ3v) is 3.57. The van der Waals surface area contributed by atoms with Crippen molar-refractivity contribution in [2.45, 2.75) is 38.6 Å². The molecule has 1 unspecified atom stereocenters. The minimum absolute atomic E-state index is 0.304. The van der Waals surface area contributed by atoms with E-state index in [0.717, 1.165) is 18.4 Å². The van der Waals surface area contributed by atoms with Crippen molar-refractivity contribution in [2.24, 2.45) is 5.73 Å². The van der Waals surface area contributed by atoms with Gasteiger partial charge in [-0.05, 0) is 51.8 Å². The first kappa shape index (κ1) is 16.4. The molecule has 0 saturated heterocycles. The largest absolute Gasteiger partial charge is 0.493 e. The number of likely N-dealkylation sites (N-methyl/N-ethyl adjacent to an activating group) is 1. The Morgan fingerprint density at radius 1 is 1.45 bits per heavy atom. The summed E-state index contributed by atoms with van der Waals surface area (Å²) in [6, 6.07) is 4.49. The van der Waals surface area contributed by atoms with Gasteiger partial charge in [0.25, 0.3) is 0 Å². The van der Waals surface area contributed by atoms with E-state index in [9.17, 15) is 9.18 Å². The Labute approximate surface area is 119 Å². The van der Waals surface area contributed by atoms with Gasteiger partial charge in [-0.3, -0.25) is 4.79 Å². The first-order valence-electron chi connectivity index (χ1n) is 6.77. The van der Waals surface area contributed by atoms with Crippen LogP contribution in [0.4, 0.5) is 4.39 Å². The lowest BCUT2D eigenvalue weighted by Crippen LogP contribution is -2.51. The van der Waals surface area contributed by atoms with Crippen LogP contribution in [-0.4, -0.2) is 25.1 Å². The molecule has 0 saturated carbocycles. The Morgan fingerprint density at radius 2 is 2.15 bits per heavy atom. The minimum atomic E-state index is -0.686. The molecule has 3 N–H and O–H groups in total. The highest BCUT2D eigenvalue weighted by molar-refractivity contribution is 5.84. The van der Waals surface area contributed by atoms with Crippen molar-refractivity contribution < 1.29 is 13.9 Å². The molecule has 0 aromatic heterocycles.